The molecule has 3 aromatic heterocycles. The van der Waals surface area contributed by atoms with Crippen molar-refractivity contribution < 1.29 is 5.11 Å². The first-order valence-corrected chi connectivity index (χ1v) is 21.0. The molecule has 0 spiro atoms. The normalized spacial score (nSPS) is 11.9. The number of imidazole rings is 1. The number of aromatic nitrogens is 4. The van der Waals surface area contributed by atoms with Crippen LogP contribution in [0.15, 0.2) is 170 Å². The van der Waals surface area contributed by atoms with Gasteiger partial charge in [-0.2, -0.15) is 0 Å². The van der Waals surface area contributed by atoms with Gasteiger partial charge in [-0.05, 0) is 99.2 Å². The first kappa shape index (κ1) is 39.4. The molecular weight excluding hydrogens is 745 g/mol. The molecule has 0 aliphatic rings. The summed E-state index contributed by atoms with van der Waals surface area (Å²) in [5.74, 6) is 0.880. The fourth-order valence-electron chi connectivity index (χ4n) is 8.30. The molecule has 3 heterocycles. The molecular formula is C56H50N4O. The number of aromatic hydroxyl groups is 1. The number of pyridine rings is 2. The van der Waals surface area contributed by atoms with Crippen LogP contribution in [0.5, 0.6) is 5.75 Å². The molecule has 0 unspecified atom stereocenters. The Hall–Kier alpha value is -7.11. The Kier molecular flexibility index (Phi) is 9.99. The lowest BCUT2D eigenvalue weighted by Gasteiger charge is -2.27. The number of hydrogen-bond acceptors (Lipinski definition) is 4. The maximum Gasteiger partial charge on any atom is 0.149 e. The van der Waals surface area contributed by atoms with Crippen molar-refractivity contribution in [3.63, 3.8) is 0 Å². The van der Waals surface area contributed by atoms with Crippen LogP contribution in [0.2, 0.25) is 0 Å². The molecule has 0 saturated heterocycles. The third-order valence-corrected chi connectivity index (χ3v) is 11.6. The van der Waals surface area contributed by atoms with Gasteiger partial charge < -0.3 is 5.11 Å². The quantitative estimate of drug-likeness (QED) is 0.175. The Bertz CT molecular complexity index is 3040. The Labute approximate surface area is 359 Å². The topological polar surface area (TPSA) is 63.8 Å². The molecule has 0 atom stereocenters. The monoisotopic (exact) mass is 794 g/mol. The fourth-order valence-corrected chi connectivity index (χ4v) is 8.30. The molecule has 300 valence electrons. The number of rotatable bonds is 7. The van der Waals surface area contributed by atoms with Gasteiger partial charge in [0.2, 0.25) is 0 Å². The predicted octanol–water partition coefficient (Wildman–Crippen LogP) is 14.4. The smallest absolute Gasteiger partial charge is 0.149 e. The largest absolute Gasteiger partial charge is 0.507 e. The molecule has 0 radical (unpaired) electrons. The van der Waals surface area contributed by atoms with E-state index in [0.29, 0.717) is 11.4 Å². The third kappa shape index (κ3) is 7.53. The van der Waals surface area contributed by atoms with Gasteiger partial charge in [0.1, 0.15) is 17.1 Å². The van der Waals surface area contributed by atoms with Crippen molar-refractivity contribution in [1.82, 2.24) is 19.5 Å². The minimum atomic E-state index is -0.329. The van der Waals surface area contributed by atoms with Crippen LogP contribution in [0.25, 0.3) is 84.0 Å². The maximum absolute atomic E-state index is 12.4. The number of phenolic OH excluding ortho intramolecular Hbond substituents is 1. The summed E-state index contributed by atoms with van der Waals surface area (Å²) in [5, 5.41) is 12.4. The van der Waals surface area contributed by atoms with E-state index < -0.39 is 0 Å². The van der Waals surface area contributed by atoms with Gasteiger partial charge in [0.05, 0.1) is 28.2 Å². The van der Waals surface area contributed by atoms with Crippen molar-refractivity contribution in [2.24, 2.45) is 0 Å². The van der Waals surface area contributed by atoms with E-state index in [0.717, 1.165) is 89.3 Å². The van der Waals surface area contributed by atoms with Crippen LogP contribution >= 0.6 is 0 Å². The number of aryl methyl sites for hydroxylation is 1. The van der Waals surface area contributed by atoms with Crippen molar-refractivity contribution in [2.75, 3.05) is 0 Å². The average molecular weight is 795 g/mol. The highest BCUT2D eigenvalue weighted by Crippen LogP contribution is 2.45. The van der Waals surface area contributed by atoms with Crippen LogP contribution in [0.1, 0.15) is 58.2 Å². The summed E-state index contributed by atoms with van der Waals surface area (Å²) >= 11 is 0. The van der Waals surface area contributed by atoms with Crippen LogP contribution in [-0.2, 0) is 10.8 Å². The second-order valence-corrected chi connectivity index (χ2v) is 18.0. The molecule has 9 aromatic rings. The Morgan fingerprint density at radius 3 is 1.75 bits per heavy atom. The van der Waals surface area contributed by atoms with Crippen LogP contribution in [0.3, 0.4) is 0 Å². The van der Waals surface area contributed by atoms with Gasteiger partial charge in [-0.3, -0.25) is 14.5 Å². The second kappa shape index (κ2) is 15.5. The standard InChI is InChI=1S/C56H50N4O/c1-36-35-58-48(34-45(36)39-23-15-10-16-24-39)41-29-40(37-19-11-8-12-20-37)30-42(31-41)51-52-50(27-28-57-51)60(49-26-18-17-25-44(49)38-21-13-9-14-22-38)54(59-52)46-32-43(55(2,3)4)33-47(53(46)61)56(5,6)7/h8-35,61H,1-7H3. The molecule has 0 aliphatic heterocycles. The lowest BCUT2D eigenvalue weighted by molar-refractivity contribution is 0.446. The summed E-state index contributed by atoms with van der Waals surface area (Å²) in [7, 11) is 0. The number of hydrogen-bond donors (Lipinski definition) is 1. The maximum atomic E-state index is 12.4. The highest BCUT2D eigenvalue weighted by atomic mass is 16.3. The highest BCUT2D eigenvalue weighted by molar-refractivity contribution is 5.97. The van der Waals surface area contributed by atoms with Gasteiger partial charge in [-0.1, -0.05) is 157 Å². The molecule has 0 amide bonds. The molecule has 61 heavy (non-hydrogen) atoms. The predicted molar refractivity (Wildman–Crippen MR) is 253 cm³/mol. The van der Waals surface area contributed by atoms with Gasteiger partial charge in [0.15, 0.2) is 0 Å². The molecule has 1 N–H and O–H groups in total. The zero-order valence-corrected chi connectivity index (χ0v) is 35.9. The third-order valence-electron chi connectivity index (χ3n) is 11.6. The van der Waals surface area contributed by atoms with Gasteiger partial charge in [0.25, 0.3) is 0 Å². The van der Waals surface area contributed by atoms with E-state index in [-0.39, 0.29) is 16.6 Å². The van der Waals surface area contributed by atoms with Crippen molar-refractivity contribution in [3.8, 4) is 78.7 Å². The molecule has 9 rings (SSSR count). The van der Waals surface area contributed by atoms with E-state index in [1.54, 1.807) is 0 Å². The van der Waals surface area contributed by atoms with E-state index in [4.69, 9.17) is 15.0 Å². The molecule has 0 bridgehead atoms. The number of benzene rings is 6. The van der Waals surface area contributed by atoms with Crippen LogP contribution < -0.4 is 0 Å². The van der Waals surface area contributed by atoms with Crippen LogP contribution in [-0.4, -0.2) is 24.6 Å². The van der Waals surface area contributed by atoms with Crippen molar-refractivity contribution >= 4 is 11.0 Å². The van der Waals surface area contributed by atoms with Crippen molar-refractivity contribution in [1.29, 1.82) is 0 Å². The minimum Gasteiger partial charge on any atom is -0.507 e. The van der Waals surface area contributed by atoms with Gasteiger partial charge in [0, 0.05) is 34.6 Å². The van der Waals surface area contributed by atoms with Gasteiger partial charge >= 0.3 is 0 Å². The van der Waals surface area contributed by atoms with E-state index in [9.17, 15) is 5.11 Å². The molecule has 0 fully saturated rings. The number of phenols is 1. The lowest BCUT2D eigenvalue weighted by atomic mass is 9.79. The SMILES string of the molecule is Cc1cnc(-c2cc(-c3ccccc3)cc(-c3nccc4c3nc(-c3cc(C(C)(C)C)cc(C(C)(C)C)c3O)n4-c3ccccc3-c3ccccc3)c2)cc1-c1ccccc1. The zero-order valence-electron chi connectivity index (χ0n) is 35.9. The lowest BCUT2D eigenvalue weighted by Crippen LogP contribution is -2.17. The fraction of sp³-hybridized carbons (Fsp3) is 0.161. The summed E-state index contributed by atoms with van der Waals surface area (Å²) in [6, 6.07) is 55.0. The number of fused-ring (bicyclic) bond motifs is 1. The van der Waals surface area contributed by atoms with Crippen molar-refractivity contribution in [2.45, 2.75) is 59.3 Å². The summed E-state index contributed by atoms with van der Waals surface area (Å²) in [6.07, 6.45) is 3.84. The van der Waals surface area contributed by atoms with Gasteiger partial charge in [-0.25, -0.2) is 4.98 Å². The van der Waals surface area contributed by atoms with Crippen LogP contribution in [0.4, 0.5) is 0 Å². The Balaban J connectivity index is 1.35. The summed E-state index contributed by atoms with van der Waals surface area (Å²) in [5.41, 5.74) is 15.9. The molecule has 0 aliphatic carbocycles. The average Bonchev–Trinajstić information content (AvgIpc) is 3.66. The summed E-state index contributed by atoms with van der Waals surface area (Å²) in [4.78, 5) is 15.7. The minimum absolute atomic E-state index is 0.188. The Morgan fingerprint density at radius 1 is 0.508 bits per heavy atom. The van der Waals surface area contributed by atoms with E-state index in [2.05, 4.69) is 186 Å². The van der Waals surface area contributed by atoms with E-state index >= 15 is 0 Å². The zero-order chi connectivity index (χ0) is 42.5. The first-order chi connectivity index (χ1) is 29.3. The van der Waals surface area contributed by atoms with E-state index in [1.807, 2.05) is 36.7 Å². The molecule has 0 saturated carbocycles. The van der Waals surface area contributed by atoms with E-state index in [1.165, 1.54) is 0 Å². The molecule has 5 heteroatoms. The summed E-state index contributed by atoms with van der Waals surface area (Å²) < 4.78 is 2.21. The highest BCUT2D eigenvalue weighted by Gasteiger charge is 2.29. The number of nitrogens with zero attached hydrogens (tertiary/aromatic N) is 4. The Morgan fingerprint density at radius 2 is 1.10 bits per heavy atom. The van der Waals surface area contributed by atoms with Crippen LogP contribution in [0, 0.1) is 6.92 Å². The first-order valence-electron chi connectivity index (χ1n) is 21.0. The number of para-hydroxylation sites is 1. The second-order valence-electron chi connectivity index (χ2n) is 18.0. The summed E-state index contributed by atoms with van der Waals surface area (Å²) in [6.45, 7) is 15.2. The van der Waals surface area contributed by atoms with Crippen molar-refractivity contribution in [3.05, 3.63) is 187 Å². The molecule has 5 nitrogen and oxygen atoms in total. The van der Waals surface area contributed by atoms with Gasteiger partial charge in [-0.15, -0.1) is 0 Å². The molecule has 6 aromatic carbocycles.